The standard InChI is InChI=1S/C51H84N4O15S/c1-15-40-51(10,60)45(57)32(4)43(56)30(2)27-50(9,64-13)47(33(5)44(34(6)48(59)68-40)69-42-28-49(8,63-12)46(58)35(7)67-42)70-41-26-37(25-31(3)66-41)54(11)23-21-36-29-55(53-52-36)22-16-24-65-38-17-19-39(20-18-38)71(14,61)62/h17-20,29-35,37,40-42,44-47,57-58,60H,15-16,21-28H2,1-14H3/t30-,31-,32+,33+,34-,35+,37+,40-,41+,42+,44+,45-,46+,47-,49-,50-,51-/m1/s1. The third-order valence-electron chi connectivity index (χ3n) is 15.4. The molecular formula is C51H84N4O15S. The molecule has 0 amide bonds. The van der Waals surface area contributed by atoms with E-state index in [4.69, 9.17) is 37.9 Å². The molecule has 20 heteroatoms. The van der Waals surface area contributed by atoms with Crippen LogP contribution in [0.2, 0.25) is 0 Å². The maximum Gasteiger partial charge on any atom is 0.311 e. The summed E-state index contributed by atoms with van der Waals surface area (Å²) in [7, 11) is 1.85. The van der Waals surface area contributed by atoms with E-state index in [1.807, 2.05) is 27.0 Å². The summed E-state index contributed by atoms with van der Waals surface area (Å²) in [5.41, 5.74) is -3.39. The number of rotatable bonds is 17. The van der Waals surface area contributed by atoms with Gasteiger partial charge in [-0.15, -0.1) is 5.10 Å². The first-order valence-electron chi connectivity index (χ1n) is 25.2. The number of ether oxygens (including phenoxy) is 8. The molecule has 3 fully saturated rings. The first kappa shape index (κ1) is 58.7. The van der Waals surface area contributed by atoms with Crippen molar-refractivity contribution in [3.8, 4) is 5.75 Å². The normalized spacial score (nSPS) is 38.2. The molecule has 19 nitrogen and oxygen atoms in total. The number of aliphatic hydroxyl groups excluding tert-OH is 2. The van der Waals surface area contributed by atoms with Crippen LogP contribution in [0.4, 0.5) is 0 Å². The van der Waals surface area contributed by atoms with Gasteiger partial charge in [-0.2, -0.15) is 0 Å². The summed E-state index contributed by atoms with van der Waals surface area (Å²) in [6, 6.07) is 6.38. The van der Waals surface area contributed by atoms with Crippen LogP contribution in [-0.2, 0) is 65.5 Å². The van der Waals surface area contributed by atoms with Crippen molar-refractivity contribution in [2.45, 2.75) is 204 Å². The van der Waals surface area contributed by atoms with Crippen LogP contribution in [0.1, 0.15) is 113 Å². The predicted molar refractivity (Wildman–Crippen MR) is 262 cm³/mol. The molecule has 1 aromatic heterocycles. The van der Waals surface area contributed by atoms with E-state index in [1.165, 1.54) is 32.4 Å². The molecule has 0 unspecified atom stereocenters. The lowest BCUT2D eigenvalue weighted by Gasteiger charge is -2.49. The Labute approximate surface area is 421 Å². The van der Waals surface area contributed by atoms with Crippen LogP contribution < -0.4 is 4.74 Å². The van der Waals surface area contributed by atoms with Crippen LogP contribution in [0.15, 0.2) is 35.4 Å². The van der Waals surface area contributed by atoms with Gasteiger partial charge in [-0.3, -0.25) is 14.3 Å². The van der Waals surface area contributed by atoms with Crippen molar-refractivity contribution in [3.63, 3.8) is 0 Å². The number of carbonyl (C=O) groups excluding carboxylic acids is 2. The Balaban J connectivity index is 1.36. The van der Waals surface area contributed by atoms with Crippen LogP contribution >= 0.6 is 0 Å². The summed E-state index contributed by atoms with van der Waals surface area (Å²) in [6.07, 6.45) is -2.11. The molecule has 404 valence electrons. The number of nitrogens with zero attached hydrogens (tertiary/aromatic N) is 4. The highest BCUT2D eigenvalue weighted by atomic mass is 32.2. The SMILES string of the molecule is CC[C@H]1OC(=O)[C@H](C)[C@@H](O[C@H]2C[C@@](C)(OC)[C@@H](O)[C@H](C)O2)[C@H](C)[C@@H](O[C@H]2C[C@@H](N(C)CCc3cn(CCCOc4ccc(S(C)(=O)=O)cc4)nn3)C[C@@H](C)O2)[C@](C)(OC)C[C@@H](C)C(=O)[C@H](C)[C@@H](O)[C@]1(C)O. The van der Waals surface area contributed by atoms with Crippen molar-refractivity contribution in [1.82, 2.24) is 19.9 Å². The van der Waals surface area contributed by atoms with Gasteiger partial charge in [0.15, 0.2) is 22.4 Å². The smallest absolute Gasteiger partial charge is 0.311 e. The summed E-state index contributed by atoms with van der Waals surface area (Å²) in [5.74, 6) is -3.79. The van der Waals surface area contributed by atoms with E-state index in [1.54, 1.807) is 65.5 Å². The summed E-state index contributed by atoms with van der Waals surface area (Å²) in [6.45, 7) is 19.1. The number of Topliss-reactive ketones (excluding diaryl/α,β-unsaturated/α-hetero) is 1. The Morgan fingerprint density at radius 3 is 2.17 bits per heavy atom. The van der Waals surface area contributed by atoms with E-state index in [0.717, 1.165) is 12.1 Å². The zero-order chi connectivity index (χ0) is 52.8. The minimum Gasteiger partial charge on any atom is -0.494 e. The highest BCUT2D eigenvalue weighted by Crippen LogP contribution is 2.42. The zero-order valence-corrected chi connectivity index (χ0v) is 45.3. The highest BCUT2D eigenvalue weighted by molar-refractivity contribution is 7.90. The zero-order valence-electron chi connectivity index (χ0n) is 44.5. The lowest BCUT2D eigenvalue weighted by atomic mass is 9.74. The molecule has 0 saturated carbocycles. The van der Waals surface area contributed by atoms with Crippen molar-refractivity contribution < 1.29 is 71.2 Å². The molecule has 0 aliphatic carbocycles. The number of carbonyl (C=O) groups is 2. The van der Waals surface area contributed by atoms with E-state index in [0.29, 0.717) is 44.7 Å². The Bertz CT molecular complexity index is 2140. The molecule has 5 rings (SSSR count). The van der Waals surface area contributed by atoms with Crippen molar-refractivity contribution in [2.75, 3.05) is 40.7 Å². The lowest BCUT2D eigenvalue weighted by molar-refractivity contribution is -0.309. The summed E-state index contributed by atoms with van der Waals surface area (Å²) in [5, 5.41) is 43.2. The van der Waals surface area contributed by atoms with Gasteiger partial charge < -0.3 is 58.1 Å². The Morgan fingerprint density at radius 2 is 1.55 bits per heavy atom. The van der Waals surface area contributed by atoms with E-state index in [2.05, 4.69) is 22.3 Å². The minimum absolute atomic E-state index is 0.0305. The number of aromatic nitrogens is 3. The first-order valence-corrected chi connectivity index (χ1v) is 27.1. The third kappa shape index (κ3) is 14.4. The summed E-state index contributed by atoms with van der Waals surface area (Å²) in [4.78, 5) is 31.2. The molecule has 17 atom stereocenters. The van der Waals surface area contributed by atoms with E-state index >= 15 is 0 Å². The highest BCUT2D eigenvalue weighted by Gasteiger charge is 2.53. The first-order chi connectivity index (χ1) is 33.2. The van der Waals surface area contributed by atoms with Crippen molar-refractivity contribution in [3.05, 3.63) is 36.2 Å². The second-order valence-corrected chi connectivity index (χ2v) is 23.2. The molecule has 0 radical (unpaired) electrons. The van der Waals surface area contributed by atoms with E-state index < -0.39 is 105 Å². The third-order valence-corrected chi connectivity index (χ3v) is 16.6. The molecule has 4 heterocycles. The van der Waals surface area contributed by atoms with Crippen molar-refractivity contribution >= 4 is 21.6 Å². The maximum atomic E-state index is 14.4. The lowest BCUT2D eigenvalue weighted by Crippen LogP contribution is -2.60. The number of hydrogen-bond acceptors (Lipinski definition) is 18. The second kappa shape index (κ2) is 24.5. The maximum absolute atomic E-state index is 14.4. The number of aliphatic hydroxyl groups is 3. The molecule has 71 heavy (non-hydrogen) atoms. The predicted octanol–water partition coefficient (Wildman–Crippen LogP) is 4.55. The number of esters is 1. The number of sulfone groups is 1. The molecule has 3 saturated heterocycles. The molecule has 1 aromatic carbocycles. The fourth-order valence-corrected chi connectivity index (χ4v) is 11.3. The van der Waals surface area contributed by atoms with Crippen molar-refractivity contribution in [2.24, 2.45) is 23.7 Å². The number of cyclic esters (lactones) is 1. The largest absolute Gasteiger partial charge is 0.494 e. The number of ketones is 1. The quantitative estimate of drug-likeness (QED) is 0.146. The van der Waals surface area contributed by atoms with E-state index in [9.17, 15) is 33.3 Å². The Kier molecular flexibility index (Phi) is 20.2. The van der Waals surface area contributed by atoms with Gasteiger partial charge in [-0.05, 0) is 92.1 Å². The van der Waals surface area contributed by atoms with Gasteiger partial charge >= 0.3 is 5.97 Å². The Morgan fingerprint density at radius 1 is 0.887 bits per heavy atom. The van der Waals surface area contributed by atoms with Crippen LogP contribution in [-0.4, -0.2) is 174 Å². The Hall–Kier alpha value is -3.15. The molecule has 2 aromatic rings. The van der Waals surface area contributed by atoms with Crippen LogP contribution in [0, 0.1) is 23.7 Å². The molecule has 3 aliphatic heterocycles. The van der Waals surface area contributed by atoms with Gasteiger partial charge in [0.25, 0.3) is 0 Å². The molecule has 3 aliphatic rings. The number of likely N-dealkylation sites (N-methyl/N-ethyl adjacent to an activating group) is 1. The molecule has 0 bridgehead atoms. The molecular weight excluding hydrogens is 941 g/mol. The van der Waals surface area contributed by atoms with Crippen molar-refractivity contribution in [1.29, 1.82) is 0 Å². The average Bonchev–Trinajstić information content (AvgIpc) is 3.79. The molecule has 3 N–H and O–H groups in total. The van der Waals surface area contributed by atoms with Gasteiger partial charge in [-0.25, -0.2) is 8.42 Å². The number of aryl methyl sites for hydroxylation is 1. The molecule has 0 spiro atoms. The number of hydrogen-bond donors (Lipinski definition) is 3. The van der Waals surface area contributed by atoms with Crippen LogP contribution in [0.3, 0.4) is 0 Å². The average molecular weight is 1030 g/mol. The van der Waals surface area contributed by atoms with Gasteiger partial charge in [0.05, 0.1) is 64.8 Å². The van der Waals surface area contributed by atoms with Crippen LogP contribution in [0.25, 0.3) is 0 Å². The van der Waals surface area contributed by atoms with E-state index in [-0.39, 0.29) is 42.1 Å². The van der Waals surface area contributed by atoms with Gasteiger partial charge in [-0.1, -0.05) is 32.9 Å². The minimum atomic E-state index is -3.28. The number of benzene rings is 1. The fraction of sp³-hybridized carbons (Fsp3) is 0.804. The summed E-state index contributed by atoms with van der Waals surface area (Å²) >= 11 is 0. The monoisotopic (exact) mass is 1020 g/mol. The topological polar surface area (TPSA) is 237 Å². The summed E-state index contributed by atoms with van der Waals surface area (Å²) < 4.78 is 76.2. The van der Waals surface area contributed by atoms with Crippen LogP contribution in [0.5, 0.6) is 5.75 Å². The second-order valence-electron chi connectivity index (χ2n) is 21.2. The van der Waals surface area contributed by atoms with Gasteiger partial charge in [0.2, 0.25) is 0 Å². The fourth-order valence-electron chi connectivity index (χ4n) is 10.7. The number of methoxy groups -OCH3 is 2. The van der Waals surface area contributed by atoms with Gasteiger partial charge in [0, 0.05) is 89.2 Å². The van der Waals surface area contributed by atoms with Gasteiger partial charge in [0.1, 0.15) is 29.3 Å².